The molecule has 4 heteroatoms. The summed E-state index contributed by atoms with van der Waals surface area (Å²) < 4.78 is 5.67. The van der Waals surface area contributed by atoms with E-state index in [0.717, 1.165) is 23.3 Å². The van der Waals surface area contributed by atoms with Gasteiger partial charge in [0, 0.05) is 18.2 Å². The average Bonchev–Trinajstić information content (AvgIpc) is 2.94. The lowest BCUT2D eigenvalue weighted by atomic mass is 9.99. The van der Waals surface area contributed by atoms with Gasteiger partial charge in [-0.25, -0.2) is 0 Å². The molecule has 0 aliphatic carbocycles. The van der Waals surface area contributed by atoms with Crippen LogP contribution in [-0.4, -0.2) is 16.3 Å². The van der Waals surface area contributed by atoms with Crippen molar-refractivity contribution < 1.29 is 4.74 Å². The van der Waals surface area contributed by atoms with E-state index >= 15 is 0 Å². The van der Waals surface area contributed by atoms with Crippen molar-refractivity contribution >= 4 is 0 Å². The molecule has 17 heavy (non-hydrogen) atoms. The molecule has 1 aromatic carbocycles. The van der Waals surface area contributed by atoms with Crippen LogP contribution in [0.1, 0.15) is 29.7 Å². The largest absolute Gasteiger partial charge is 0.490 e. The van der Waals surface area contributed by atoms with Crippen LogP contribution in [0.25, 0.3) is 0 Å². The Morgan fingerprint density at radius 3 is 3.12 bits per heavy atom. The van der Waals surface area contributed by atoms with Gasteiger partial charge in [-0.05, 0) is 24.1 Å². The van der Waals surface area contributed by atoms with Gasteiger partial charge in [-0.3, -0.25) is 5.10 Å². The first kappa shape index (κ1) is 10.4. The Morgan fingerprint density at radius 1 is 1.47 bits per heavy atom. The lowest BCUT2D eigenvalue weighted by Gasteiger charge is -2.11. The average molecular weight is 229 g/mol. The van der Waals surface area contributed by atoms with Crippen molar-refractivity contribution in [3.63, 3.8) is 0 Å². The molecule has 0 spiro atoms. The molecule has 1 aliphatic rings. The molecule has 88 valence electrons. The van der Waals surface area contributed by atoms with E-state index < -0.39 is 0 Å². The zero-order chi connectivity index (χ0) is 11.8. The highest BCUT2D eigenvalue weighted by atomic mass is 16.5. The summed E-state index contributed by atoms with van der Waals surface area (Å²) in [5, 5.41) is 6.71. The number of benzene rings is 1. The Bertz CT molecular complexity index is 521. The van der Waals surface area contributed by atoms with E-state index in [-0.39, 0.29) is 12.1 Å². The Kier molecular flexibility index (Phi) is 2.37. The van der Waals surface area contributed by atoms with Crippen molar-refractivity contribution in [2.45, 2.75) is 25.5 Å². The highest BCUT2D eigenvalue weighted by molar-refractivity contribution is 5.43. The van der Waals surface area contributed by atoms with Crippen molar-refractivity contribution in [2.24, 2.45) is 5.73 Å². The molecule has 0 saturated carbocycles. The number of H-pyrrole nitrogens is 1. The van der Waals surface area contributed by atoms with E-state index in [2.05, 4.69) is 23.2 Å². The molecule has 3 rings (SSSR count). The topological polar surface area (TPSA) is 63.9 Å². The number of fused-ring (bicyclic) bond motifs is 1. The summed E-state index contributed by atoms with van der Waals surface area (Å²) in [5.41, 5.74) is 9.53. The summed E-state index contributed by atoms with van der Waals surface area (Å²) in [4.78, 5) is 0. The van der Waals surface area contributed by atoms with Crippen molar-refractivity contribution in [1.29, 1.82) is 0 Å². The van der Waals surface area contributed by atoms with Crippen molar-refractivity contribution in [3.8, 4) is 5.75 Å². The van der Waals surface area contributed by atoms with Crippen LogP contribution in [0, 0.1) is 0 Å². The highest BCUT2D eigenvalue weighted by Crippen LogP contribution is 2.31. The minimum absolute atomic E-state index is 0.130. The summed E-state index contributed by atoms with van der Waals surface area (Å²) >= 11 is 0. The van der Waals surface area contributed by atoms with Crippen LogP contribution < -0.4 is 10.5 Å². The monoisotopic (exact) mass is 229 g/mol. The summed E-state index contributed by atoms with van der Waals surface area (Å²) in [6.45, 7) is 2.08. The minimum Gasteiger partial charge on any atom is -0.490 e. The van der Waals surface area contributed by atoms with E-state index in [9.17, 15) is 0 Å². The van der Waals surface area contributed by atoms with E-state index in [4.69, 9.17) is 10.5 Å². The summed E-state index contributed by atoms with van der Waals surface area (Å²) in [6.07, 6.45) is 4.82. The molecule has 1 aliphatic heterocycles. The highest BCUT2D eigenvalue weighted by Gasteiger charge is 2.20. The molecule has 1 aromatic heterocycles. The number of hydrogen-bond acceptors (Lipinski definition) is 3. The van der Waals surface area contributed by atoms with Crippen LogP contribution in [0.2, 0.25) is 0 Å². The van der Waals surface area contributed by atoms with Crippen LogP contribution in [0.4, 0.5) is 0 Å². The van der Waals surface area contributed by atoms with Gasteiger partial charge in [0.15, 0.2) is 0 Å². The molecule has 0 fully saturated rings. The maximum Gasteiger partial charge on any atom is 0.123 e. The van der Waals surface area contributed by atoms with Gasteiger partial charge in [0.2, 0.25) is 0 Å². The molecule has 0 amide bonds. The summed E-state index contributed by atoms with van der Waals surface area (Å²) in [7, 11) is 0. The normalized spacial score (nSPS) is 19.8. The fraction of sp³-hybridized carbons (Fsp3) is 0.308. The molecule has 0 radical (unpaired) electrons. The quantitative estimate of drug-likeness (QED) is 0.825. The summed E-state index contributed by atoms with van der Waals surface area (Å²) in [5.74, 6) is 0.987. The predicted octanol–water partition coefficient (Wildman–Crippen LogP) is 1.78. The van der Waals surface area contributed by atoms with Crippen molar-refractivity contribution in [3.05, 3.63) is 47.3 Å². The molecule has 2 unspecified atom stereocenters. The molecular formula is C13H15N3O. The maximum absolute atomic E-state index is 6.19. The van der Waals surface area contributed by atoms with Crippen LogP contribution in [0.3, 0.4) is 0 Å². The van der Waals surface area contributed by atoms with E-state index in [1.165, 1.54) is 5.56 Å². The number of nitrogens with two attached hydrogens (primary N) is 1. The van der Waals surface area contributed by atoms with Gasteiger partial charge in [0.1, 0.15) is 11.9 Å². The SMILES string of the molecule is CC1Cc2cc(C(N)c3cn[nH]c3)ccc2O1. The molecule has 0 bridgehead atoms. The second-order valence-corrected chi connectivity index (χ2v) is 4.51. The van der Waals surface area contributed by atoms with Crippen molar-refractivity contribution in [2.75, 3.05) is 0 Å². The van der Waals surface area contributed by atoms with Gasteiger partial charge in [0.05, 0.1) is 12.2 Å². The molecular weight excluding hydrogens is 214 g/mol. The number of ether oxygens (including phenoxy) is 1. The van der Waals surface area contributed by atoms with Crippen LogP contribution in [0.15, 0.2) is 30.6 Å². The first-order chi connectivity index (χ1) is 8.24. The lowest BCUT2D eigenvalue weighted by molar-refractivity contribution is 0.254. The maximum atomic E-state index is 6.19. The standard InChI is InChI=1S/C13H15N3O/c1-8-4-10-5-9(2-3-12(10)17-8)13(14)11-6-15-16-7-11/h2-3,5-8,13H,4,14H2,1H3,(H,15,16). The van der Waals surface area contributed by atoms with Gasteiger partial charge in [-0.2, -0.15) is 5.10 Å². The van der Waals surface area contributed by atoms with Gasteiger partial charge >= 0.3 is 0 Å². The predicted molar refractivity (Wildman–Crippen MR) is 64.9 cm³/mol. The third-order valence-corrected chi connectivity index (χ3v) is 3.16. The third-order valence-electron chi connectivity index (χ3n) is 3.16. The van der Waals surface area contributed by atoms with Gasteiger partial charge in [-0.15, -0.1) is 0 Å². The fourth-order valence-corrected chi connectivity index (χ4v) is 2.26. The fourth-order valence-electron chi connectivity index (χ4n) is 2.26. The van der Waals surface area contributed by atoms with Crippen LogP contribution in [-0.2, 0) is 6.42 Å². The van der Waals surface area contributed by atoms with Gasteiger partial charge in [0.25, 0.3) is 0 Å². The Balaban J connectivity index is 1.93. The number of rotatable bonds is 2. The van der Waals surface area contributed by atoms with Gasteiger partial charge < -0.3 is 10.5 Å². The first-order valence-electron chi connectivity index (χ1n) is 5.78. The smallest absolute Gasteiger partial charge is 0.123 e. The zero-order valence-electron chi connectivity index (χ0n) is 9.68. The van der Waals surface area contributed by atoms with Crippen LogP contribution >= 0.6 is 0 Å². The molecule has 2 atom stereocenters. The van der Waals surface area contributed by atoms with E-state index in [1.807, 2.05) is 18.3 Å². The van der Waals surface area contributed by atoms with E-state index in [0.29, 0.717) is 0 Å². The number of aromatic nitrogens is 2. The summed E-state index contributed by atoms with van der Waals surface area (Å²) in [6, 6.07) is 6.04. The third kappa shape index (κ3) is 1.80. The van der Waals surface area contributed by atoms with Gasteiger partial charge in [-0.1, -0.05) is 12.1 Å². The van der Waals surface area contributed by atoms with Crippen molar-refractivity contribution in [1.82, 2.24) is 10.2 Å². The Hall–Kier alpha value is -1.81. The number of nitrogens with zero attached hydrogens (tertiary/aromatic N) is 1. The molecule has 0 saturated heterocycles. The second kappa shape index (κ2) is 3.89. The zero-order valence-corrected chi connectivity index (χ0v) is 9.68. The first-order valence-corrected chi connectivity index (χ1v) is 5.78. The van der Waals surface area contributed by atoms with E-state index in [1.54, 1.807) is 6.20 Å². The lowest BCUT2D eigenvalue weighted by Crippen LogP contribution is -2.11. The number of aromatic amines is 1. The molecule has 3 N–H and O–H groups in total. The number of nitrogens with one attached hydrogen (secondary N) is 1. The minimum atomic E-state index is -0.130. The Morgan fingerprint density at radius 2 is 2.35 bits per heavy atom. The molecule has 4 nitrogen and oxygen atoms in total. The van der Waals surface area contributed by atoms with Crippen LogP contribution in [0.5, 0.6) is 5.75 Å². The molecule has 2 aromatic rings. The molecule has 2 heterocycles. The Labute approximate surface area is 99.8 Å². The number of hydrogen-bond donors (Lipinski definition) is 2. The second-order valence-electron chi connectivity index (χ2n) is 4.51.